The van der Waals surface area contributed by atoms with Gasteiger partial charge in [-0.15, -0.1) is 0 Å². The number of anilines is 1. The second-order valence-electron chi connectivity index (χ2n) is 5.12. The molecule has 4 nitrogen and oxygen atoms in total. The highest BCUT2D eigenvalue weighted by Crippen LogP contribution is 2.23. The van der Waals surface area contributed by atoms with Crippen LogP contribution in [0, 0.1) is 5.92 Å². The van der Waals surface area contributed by atoms with Gasteiger partial charge in [-0.05, 0) is 24.8 Å². The first-order chi connectivity index (χ1) is 9.71. The van der Waals surface area contributed by atoms with Crippen molar-refractivity contribution >= 4 is 5.69 Å². The number of pyridine rings is 1. The molecule has 2 N–H and O–H groups in total. The predicted molar refractivity (Wildman–Crippen MR) is 83.2 cm³/mol. The third kappa shape index (κ3) is 5.68. The molecule has 1 aromatic rings. The van der Waals surface area contributed by atoms with Gasteiger partial charge in [0.1, 0.15) is 0 Å². The Morgan fingerprint density at radius 3 is 2.60 bits per heavy atom. The van der Waals surface area contributed by atoms with E-state index in [9.17, 15) is 0 Å². The maximum absolute atomic E-state index is 5.84. The van der Waals surface area contributed by atoms with Gasteiger partial charge in [0, 0.05) is 6.07 Å². The van der Waals surface area contributed by atoms with E-state index in [1.54, 1.807) is 12.1 Å². The minimum atomic E-state index is 0.478. The van der Waals surface area contributed by atoms with Crippen LogP contribution in [0.5, 0.6) is 11.8 Å². The van der Waals surface area contributed by atoms with Gasteiger partial charge in [-0.25, -0.2) is 0 Å². The van der Waals surface area contributed by atoms with E-state index in [0.717, 1.165) is 12.8 Å². The molecule has 0 aliphatic rings. The Morgan fingerprint density at radius 1 is 1.15 bits per heavy atom. The van der Waals surface area contributed by atoms with Crippen molar-refractivity contribution in [2.24, 2.45) is 5.92 Å². The zero-order valence-corrected chi connectivity index (χ0v) is 13.0. The van der Waals surface area contributed by atoms with E-state index in [-0.39, 0.29) is 0 Å². The standard InChI is InChI=1S/C16H28N2O2/c1-4-7-8-13(6-3)12-20-15-10-9-14(17)16(18-15)19-11-5-2/h9-10,13H,4-8,11-12,17H2,1-3H3. The molecule has 0 aliphatic heterocycles. The van der Waals surface area contributed by atoms with E-state index < -0.39 is 0 Å². The van der Waals surface area contributed by atoms with Crippen LogP contribution in [0.25, 0.3) is 0 Å². The number of nitrogen functional groups attached to an aromatic ring is 1. The molecule has 0 spiro atoms. The Bertz CT molecular complexity index is 383. The molecule has 0 fully saturated rings. The predicted octanol–water partition coefficient (Wildman–Crippen LogP) is 4.05. The second-order valence-corrected chi connectivity index (χ2v) is 5.12. The summed E-state index contributed by atoms with van der Waals surface area (Å²) in [5.41, 5.74) is 6.39. The van der Waals surface area contributed by atoms with Crippen LogP contribution in [0.1, 0.15) is 52.9 Å². The maximum atomic E-state index is 5.84. The Hall–Kier alpha value is -1.45. The second kappa shape index (κ2) is 9.45. The van der Waals surface area contributed by atoms with Crippen molar-refractivity contribution in [1.29, 1.82) is 0 Å². The number of unbranched alkanes of at least 4 members (excludes halogenated alkanes) is 1. The summed E-state index contributed by atoms with van der Waals surface area (Å²) >= 11 is 0. The van der Waals surface area contributed by atoms with Crippen molar-refractivity contribution in [3.8, 4) is 11.8 Å². The van der Waals surface area contributed by atoms with Crippen LogP contribution in [0.15, 0.2) is 12.1 Å². The van der Waals surface area contributed by atoms with Crippen molar-refractivity contribution in [3.05, 3.63) is 12.1 Å². The topological polar surface area (TPSA) is 57.4 Å². The van der Waals surface area contributed by atoms with Crippen LogP contribution in [0.3, 0.4) is 0 Å². The average molecular weight is 280 g/mol. The van der Waals surface area contributed by atoms with Crippen molar-refractivity contribution < 1.29 is 9.47 Å². The van der Waals surface area contributed by atoms with Crippen molar-refractivity contribution in [3.63, 3.8) is 0 Å². The molecule has 1 rings (SSSR count). The summed E-state index contributed by atoms with van der Waals surface area (Å²) in [7, 11) is 0. The molecule has 114 valence electrons. The largest absolute Gasteiger partial charge is 0.477 e. The lowest BCUT2D eigenvalue weighted by molar-refractivity contribution is 0.221. The number of aromatic nitrogens is 1. The summed E-state index contributed by atoms with van der Waals surface area (Å²) in [4.78, 5) is 4.33. The minimum absolute atomic E-state index is 0.478. The Morgan fingerprint density at radius 2 is 1.95 bits per heavy atom. The van der Waals surface area contributed by atoms with Gasteiger partial charge in [0.05, 0.1) is 18.9 Å². The highest BCUT2D eigenvalue weighted by atomic mass is 16.5. The molecule has 1 heterocycles. The van der Waals surface area contributed by atoms with Gasteiger partial charge in [0.25, 0.3) is 0 Å². The monoisotopic (exact) mass is 280 g/mol. The van der Waals surface area contributed by atoms with Crippen molar-refractivity contribution in [2.45, 2.75) is 52.9 Å². The highest BCUT2D eigenvalue weighted by Gasteiger charge is 2.09. The normalized spacial score (nSPS) is 12.2. The van der Waals surface area contributed by atoms with Gasteiger partial charge in [0.15, 0.2) is 0 Å². The first kappa shape index (κ1) is 16.6. The van der Waals surface area contributed by atoms with Gasteiger partial charge in [-0.2, -0.15) is 4.98 Å². The van der Waals surface area contributed by atoms with Crippen LogP contribution in [0.2, 0.25) is 0 Å². The van der Waals surface area contributed by atoms with Gasteiger partial charge in [0.2, 0.25) is 11.8 Å². The van der Waals surface area contributed by atoms with Gasteiger partial charge < -0.3 is 15.2 Å². The summed E-state index contributed by atoms with van der Waals surface area (Å²) in [5.74, 6) is 1.67. The molecule has 0 aliphatic carbocycles. The number of rotatable bonds is 10. The first-order valence-electron chi connectivity index (χ1n) is 7.73. The van der Waals surface area contributed by atoms with Crippen LogP contribution in [-0.2, 0) is 0 Å². The smallest absolute Gasteiger partial charge is 0.240 e. The molecule has 0 saturated heterocycles. The summed E-state index contributed by atoms with van der Waals surface area (Å²) in [5, 5.41) is 0. The fraction of sp³-hybridized carbons (Fsp3) is 0.688. The average Bonchev–Trinajstić information content (AvgIpc) is 2.47. The first-order valence-corrected chi connectivity index (χ1v) is 7.73. The zero-order valence-electron chi connectivity index (χ0n) is 13.0. The molecule has 1 atom stereocenters. The minimum Gasteiger partial charge on any atom is -0.477 e. The number of nitrogens with two attached hydrogens (primary N) is 1. The molecule has 0 amide bonds. The summed E-state index contributed by atoms with van der Waals surface area (Å²) in [6.07, 6.45) is 5.75. The van der Waals surface area contributed by atoms with Crippen LogP contribution in [-0.4, -0.2) is 18.2 Å². The molecule has 1 aromatic heterocycles. The Labute approximate surface area is 122 Å². The number of hydrogen-bond donors (Lipinski definition) is 1. The van der Waals surface area contributed by atoms with Crippen LogP contribution < -0.4 is 15.2 Å². The maximum Gasteiger partial charge on any atom is 0.240 e. The molecule has 0 saturated carbocycles. The van der Waals surface area contributed by atoms with Crippen molar-refractivity contribution in [2.75, 3.05) is 18.9 Å². The lowest BCUT2D eigenvalue weighted by Gasteiger charge is -2.15. The lowest BCUT2D eigenvalue weighted by atomic mass is 10.0. The summed E-state index contributed by atoms with van der Waals surface area (Å²) in [6, 6.07) is 3.60. The molecule has 0 aromatic carbocycles. The molecule has 1 unspecified atom stereocenters. The quantitative estimate of drug-likeness (QED) is 0.702. The fourth-order valence-electron chi connectivity index (χ4n) is 1.93. The lowest BCUT2D eigenvalue weighted by Crippen LogP contribution is -2.12. The summed E-state index contributed by atoms with van der Waals surface area (Å²) in [6.45, 7) is 7.80. The zero-order chi connectivity index (χ0) is 14.8. The van der Waals surface area contributed by atoms with Gasteiger partial charge >= 0.3 is 0 Å². The van der Waals surface area contributed by atoms with E-state index in [1.807, 2.05) is 0 Å². The molecule has 4 heteroatoms. The number of nitrogens with zero attached hydrogens (tertiary/aromatic N) is 1. The van der Waals surface area contributed by atoms with E-state index in [2.05, 4.69) is 25.8 Å². The van der Waals surface area contributed by atoms with E-state index in [0.29, 0.717) is 36.6 Å². The van der Waals surface area contributed by atoms with Crippen molar-refractivity contribution in [1.82, 2.24) is 4.98 Å². The highest BCUT2D eigenvalue weighted by molar-refractivity contribution is 5.49. The molecular weight excluding hydrogens is 252 g/mol. The Kier molecular flexibility index (Phi) is 7.85. The number of hydrogen-bond acceptors (Lipinski definition) is 4. The third-order valence-electron chi connectivity index (χ3n) is 3.32. The van der Waals surface area contributed by atoms with Gasteiger partial charge in [-0.3, -0.25) is 0 Å². The van der Waals surface area contributed by atoms with E-state index in [4.69, 9.17) is 15.2 Å². The van der Waals surface area contributed by atoms with E-state index in [1.165, 1.54) is 19.3 Å². The molecule has 20 heavy (non-hydrogen) atoms. The number of ether oxygens (including phenoxy) is 2. The third-order valence-corrected chi connectivity index (χ3v) is 3.32. The molecular formula is C16H28N2O2. The van der Waals surface area contributed by atoms with Crippen LogP contribution >= 0.6 is 0 Å². The van der Waals surface area contributed by atoms with Crippen LogP contribution in [0.4, 0.5) is 5.69 Å². The SMILES string of the molecule is CCCCC(CC)COc1ccc(N)c(OCCC)n1. The molecule has 0 radical (unpaired) electrons. The van der Waals surface area contributed by atoms with Gasteiger partial charge in [-0.1, -0.05) is 40.0 Å². The summed E-state index contributed by atoms with van der Waals surface area (Å²) < 4.78 is 11.3. The molecule has 0 bridgehead atoms. The Balaban J connectivity index is 2.54. The fourth-order valence-corrected chi connectivity index (χ4v) is 1.93. The van der Waals surface area contributed by atoms with E-state index >= 15 is 0 Å².